The van der Waals surface area contributed by atoms with Crippen molar-refractivity contribution < 1.29 is 18.1 Å². The van der Waals surface area contributed by atoms with Crippen LogP contribution in [0.15, 0.2) is 59.5 Å². The van der Waals surface area contributed by atoms with E-state index in [9.17, 15) is 23.3 Å². The van der Waals surface area contributed by atoms with Crippen LogP contribution in [0.3, 0.4) is 0 Å². The number of nitro benzene ring substituents is 1. The molecule has 8 nitrogen and oxygen atoms in total. The Morgan fingerprint density at radius 3 is 2.50 bits per heavy atom. The number of nitrogens with one attached hydrogen (secondary N) is 1. The number of rotatable bonds is 9. The van der Waals surface area contributed by atoms with Gasteiger partial charge in [-0.3, -0.25) is 19.2 Å². The van der Waals surface area contributed by atoms with Crippen LogP contribution in [-0.2, 0) is 14.8 Å². The van der Waals surface area contributed by atoms with Crippen LogP contribution in [0.1, 0.15) is 6.92 Å². The molecule has 1 atom stereocenters. The molecule has 150 valence electrons. The Morgan fingerprint density at radius 2 is 1.89 bits per heavy atom. The SMILES string of the molecule is C[C@@H](C(=O)NCCSc1ccccc1)N(c1cccc([N+](=O)[O-])c1)S(C)(=O)=O. The molecule has 2 aromatic carbocycles. The van der Waals surface area contributed by atoms with Crippen LogP contribution in [0, 0.1) is 10.1 Å². The lowest BCUT2D eigenvalue weighted by atomic mass is 10.2. The van der Waals surface area contributed by atoms with Crippen molar-refractivity contribution in [1.29, 1.82) is 0 Å². The number of thioether (sulfide) groups is 1. The zero-order valence-corrected chi connectivity index (χ0v) is 17.1. The van der Waals surface area contributed by atoms with Crippen molar-refractivity contribution in [2.45, 2.75) is 17.9 Å². The predicted molar refractivity (Wildman–Crippen MR) is 110 cm³/mol. The summed E-state index contributed by atoms with van der Waals surface area (Å²) in [7, 11) is -3.83. The molecule has 0 saturated heterocycles. The van der Waals surface area contributed by atoms with Gasteiger partial charge in [-0.25, -0.2) is 8.42 Å². The minimum Gasteiger partial charge on any atom is -0.353 e. The number of nitro groups is 1. The van der Waals surface area contributed by atoms with Crippen LogP contribution in [0.4, 0.5) is 11.4 Å². The molecule has 0 heterocycles. The van der Waals surface area contributed by atoms with Crippen molar-refractivity contribution in [2.75, 3.05) is 22.9 Å². The number of sulfonamides is 1. The molecule has 2 aromatic rings. The van der Waals surface area contributed by atoms with Gasteiger partial charge in [0.2, 0.25) is 15.9 Å². The van der Waals surface area contributed by atoms with E-state index in [4.69, 9.17) is 0 Å². The first-order valence-corrected chi connectivity index (χ1v) is 11.2. The highest BCUT2D eigenvalue weighted by Gasteiger charge is 2.29. The van der Waals surface area contributed by atoms with Crippen LogP contribution < -0.4 is 9.62 Å². The van der Waals surface area contributed by atoms with Crippen LogP contribution >= 0.6 is 11.8 Å². The van der Waals surface area contributed by atoms with Gasteiger partial charge in [-0.2, -0.15) is 0 Å². The van der Waals surface area contributed by atoms with E-state index in [1.807, 2.05) is 30.3 Å². The second kappa shape index (κ2) is 9.56. The van der Waals surface area contributed by atoms with Crippen molar-refractivity contribution in [1.82, 2.24) is 5.32 Å². The number of hydrogen-bond acceptors (Lipinski definition) is 6. The third-order valence-electron chi connectivity index (χ3n) is 3.80. The topological polar surface area (TPSA) is 110 Å². The number of hydrogen-bond donors (Lipinski definition) is 1. The number of carbonyl (C=O) groups excluding carboxylic acids is 1. The molecule has 0 aliphatic carbocycles. The van der Waals surface area contributed by atoms with Gasteiger partial charge < -0.3 is 5.32 Å². The second-order valence-corrected chi connectivity index (χ2v) is 8.99. The molecule has 2 rings (SSSR count). The third-order valence-corrected chi connectivity index (χ3v) is 6.05. The molecule has 10 heteroatoms. The number of carbonyl (C=O) groups is 1. The summed E-state index contributed by atoms with van der Waals surface area (Å²) in [6.07, 6.45) is 0.959. The van der Waals surface area contributed by atoms with Gasteiger partial charge in [-0.15, -0.1) is 11.8 Å². The highest BCUT2D eigenvalue weighted by Crippen LogP contribution is 2.25. The van der Waals surface area contributed by atoms with Crippen molar-refractivity contribution >= 4 is 39.1 Å². The van der Waals surface area contributed by atoms with E-state index in [0.29, 0.717) is 12.3 Å². The van der Waals surface area contributed by atoms with Gasteiger partial charge in [0.15, 0.2) is 0 Å². The van der Waals surface area contributed by atoms with Gasteiger partial charge in [0.25, 0.3) is 5.69 Å². The monoisotopic (exact) mass is 423 g/mol. The largest absolute Gasteiger partial charge is 0.353 e. The first-order chi connectivity index (χ1) is 13.2. The van der Waals surface area contributed by atoms with Crippen molar-refractivity contribution in [3.63, 3.8) is 0 Å². The summed E-state index contributed by atoms with van der Waals surface area (Å²) in [5, 5.41) is 13.7. The molecule has 28 heavy (non-hydrogen) atoms. The van der Waals surface area contributed by atoms with Crippen molar-refractivity contribution in [3.8, 4) is 0 Å². The Labute approximate surface area is 168 Å². The average molecular weight is 424 g/mol. The first-order valence-electron chi connectivity index (χ1n) is 8.39. The standard InChI is InChI=1S/C18H21N3O5S2/c1-14(18(22)19-11-12-27-17-9-4-3-5-10-17)20(28(2,25)26)15-7-6-8-16(13-15)21(23)24/h3-10,13-14H,11-12H2,1-2H3,(H,19,22)/t14-/m0/s1. The zero-order chi connectivity index (χ0) is 20.7. The lowest BCUT2D eigenvalue weighted by molar-refractivity contribution is -0.384. The fraction of sp³-hybridized carbons (Fsp3) is 0.278. The van der Waals surface area contributed by atoms with Gasteiger partial charge >= 0.3 is 0 Å². The zero-order valence-electron chi connectivity index (χ0n) is 15.4. The third kappa shape index (κ3) is 5.96. The second-order valence-electron chi connectivity index (χ2n) is 5.96. The quantitative estimate of drug-likeness (QED) is 0.287. The summed E-state index contributed by atoms with van der Waals surface area (Å²) in [6.45, 7) is 1.80. The fourth-order valence-electron chi connectivity index (χ4n) is 2.56. The van der Waals surface area contributed by atoms with Crippen LogP contribution in [0.5, 0.6) is 0 Å². The van der Waals surface area contributed by atoms with Crippen molar-refractivity contribution in [3.05, 3.63) is 64.7 Å². The normalized spacial score (nSPS) is 12.2. The molecule has 0 radical (unpaired) electrons. The molecule has 0 spiro atoms. The summed E-state index contributed by atoms with van der Waals surface area (Å²) < 4.78 is 25.4. The lowest BCUT2D eigenvalue weighted by Gasteiger charge is -2.28. The van der Waals surface area contributed by atoms with Crippen LogP contribution in [0.2, 0.25) is 0 Å². The van der Waals surface area contributed by atoms with E-state index in [0.717, 1.165) is 21.5 Å². The van der Waals surface area contributed by atoms with E-state index < -0.39 is 26.9 Å². The Kier molecular flexibility index (Phi) is 7.41. The number of non-ortho nitro benzene ring substituents is 1. The molecule has 0 aromatic heterocycles. The fourth-order valence-corrected chi connectivity index (χ4v) is 4.52. The predicted octanol–water partition coefficient (Wildman–Crippen LogP) is 2.66. The Hall–Kier alpha value is -2.59. The summed E-state index contributed by atoms with van der Waals surface area (Å²) in [6, 6.07) is 13.8. The smallest absolute Gasteiger partial charge is 0.271 e. The molecule has 0 saturated carbocycles. The number of anilines is 1. The maximum absolute atomic E-state index is 12.5. The highest BCUT2D eigenvalue weighted by atomic mass is 32.2. The molecule has 0 unspecified atom stereocenters. The number of nitrogens with zero attached hydrogens (tertiary/aromatic N) is 2. The van der Waals surface area contributed by atoms with Gasteiger partial charge in [0.05, 0.1) is 16.9 Å². The van der Waals surface area contributed by atoms with E-state index in [1.54, 1.807) is 11.8 Å². The highest BCUT2D eigenvalue weighted by molar-refractivity contribution is 7.99. The van der Waals surface area contributed by atoms with Gasteiger partial charge in [0.1, 0.15) is 6.04 Å². The van der Waals surface area contributed by atoms with Crippen LogP contribution in [0.25, 0.3) is 0 Å². The van der Waals surface area contributed by atoms with E-state index in [2.05, 4.69) is 5.32 Å². The Balaban J connectivity index is 2.06. The summed E-state index contributed by atoms with van der Waals surface area (Å²) in [5.41, 5.74) is -0.184. The molecule has 0 aliphatic rings. The minimum absolute atomic E-state index is 0.0676. The Bertz CT molecular complexity index is 935. The van der Waals surface area contributed by atoms with Gasteiger partial charge in [-0.05, 0) is 25.1 Å². The lowest BCUT2D eigenvalue weighted by Crippen LogP contribution is -2.48. The average Bonchev–Trinajstić information content (AvgIpc) is 2.65. The van der Waals surface area contributed by atoms with Gasteiger partial charge in [0, 0.05) is 29.3 Å². The molecule has 1 amide bonds. The maximum Gasteiger partial charge on any atom is 0.271 e. The van der Waals surface area contributed by atoms with E-state index in [1.165, 1.54) is 25.1 Å². The molecular weight excluding hydrogens is 402 g/mol. The molecule has 0 bridgehead atoms. The van der Waals surface area contributed by atoms with Gasteiger partial charge in [-0.1, -0.05) is 24.3 Å². The summed E-state index contributed by atoms with van der Waals surface area (Å²) >= 11 is 1.57. The number of amides is 1. The minimum atomic E-state index is -3.83. The molecular formula is C18H21N3O5S2. The molecule has 1 N–H and O–H groups in total. The first kappa shape index (κ1) is 21.7. The summed E-state index contributed by atoms with van der Waals surface area (Å²) in [5.74, 6) is 0.142. The van der Waals surface area contributed by atoms with E-state index in [-0.39, 0.29) is 11.4 Å². The van der Waals surface area contributed by atoms with E-state index >= 15 is 0 Å². The summed E-state index contributed by atoms with van der Waals surface area (Å²) in [4.78, 5) is 23.9. The number of benzene rings is 2. The van der Waals surface area contributed by atoms with Crippen molar-refractivity contribution in [2.24, 2.45) is 0 Å². The Morgan fingerprint density at radius 1 is 1.21 bits per heavy atom. The maximum atomic E-state index is 12.5. The molecule has 0 fully saturated rings. The molecule has 0 aliphatic heterocycles. The van der Waals surface area contributed by atoms with Crippen LogP contribution in [-0.4, -0.2) is 43.8 Å².